The molecule has 1 heterocycles. The van der Waals surface area contributed by atoms with Gasteiger partial charge in [-0.2, -0.15) is 0 Å². The van der Waals surface area contributed by atoms with Crippen LogP contribution in [0.25, 0.3) is 0 Å². The minimum atomic E-state index is -3.78. The Balaban J connectivity index is 1.68. The smallest absolute Gasteiger partial charge is 0.246 e. The summed E-state index contributed by atoms with van der Waals surface area (Å²) in [6.45, 7) is 2.07. The highest BCUT2D eigenvalue weighted by Crippen LogP contribution is 2.38. The van der Waals surface area contributed by atoms with Crippen LogP contribution in [0.3, 0.4) is 0 Å². The van der Waals surface area contributed by atoms with Gasteiger partial charge in [0, 0.05) is 32.7 Å². The van der Waals surface area contributed by atoms with Crippen molar-refractivity contribution in [3.63, 3.8) is 0 Å². The summed E-state index contributed by atoms with van der Waals surface area (Å²) in [6.07, 6.45) is 3.30. The summed E-state index contributed by atoms with van der Waals surface area (Å²) in [6, 6.07) is 4.39. The number of likely N-dealkylation sites (tertiary alicyclic amines) is 1. The molecule has 2 aliphatic rings. The molecule has 10 heteroatoms. The minimum Gasteiger partial charge on any atom is -0.492 e. The number of carbonyl (C=O) groups is 3. The van der Waals surface area contributed by atoms with E-state index in [4.69, 9.17) is 4.74 Å². The van der Waals surface area contributed by atoms with Gasteiger partial charge in [-0.1, -0.05) is 12.8 Å². The number of hydrogen-bond donors (Lipinski definition) is 1. The van der Waals surface area contributed by atoms with Crippen LogP contribution in [-0.2, 0) is 24.4 Å². The van der Waals surface area contributed by atoms with Gasteiger partial charge in [0.15, 0.2) is 0 Å². The zero-order valence-corrected chi connectivity index (χ0v) is 18.9. The van der Waals surface area contributed by atoms with E-state index in [1.54, 1.807) is 13.0 Å². The van der Waals surface area contributed by atoms with Gasteiger partial charge in [-0.05, 0) is 38.0 Å². The van der Waals surface area contributed by atoms with Crippen molar-refractivity contribution in [2.45, 2.75) is 43.9 Å². The molecule has 1 N–H and O–H groups in total. The highest BCUT2D eigenvalue weighted by molar-refractivity contribution is 7.89. The van der Waals surface area contributed by atoms with Crippen LogP contribution in [0.4, 0.5) is 5.69 Å². The van der Waals surface area contributed by atoms with Crippen molar-refractivity contribution in [2.75, 3.05) is 32.6 Å². The number of amides is 3. The van der Waals surface area contributed by atoms with E-state index < -0.39 is 15.9 Å². The van der Waals surface area contributed by atoms with Crippen molar-refractivity contribution in [3.8, 4) is 5.75 Å². The lowest BCUT2D eigenvalue weighted by atomic mass is 9.81. The number of benzene rings is 1. The minimum absolute atomic E-state index is 0.0242. The van der Waals surface area contributed by atoms with E-state index in [2.05, 4.69) is 5.32 Å². The molecule has 1 saturated carbocycles. The van der Waals surface area contributed by atoms with Gasteiger partial charge in [-0.15, -0.1) is 0 Å². The third-order valence-corrected chi connectivity index (χ3v) is 7.62. The lowest BCUT2D eigenvalue weighted by Gasteiger charge is -2.19. The molecule has 2 fully saturated rings. The molecule has 2 atom stereocenters. The number of fused-ring (bicyclic) bond motifs is 1. The molecule has 1 aromatic carbocycles. The maximum absolute atomic E-state index is 12.6. The molecule has 0 spiro atoms. The average Bonchev–Trinajstić information content (AvgIpc) is 2.98. The molecular weight excluding hydrogens is 422 g/mol. The molecule has 31 heavy (non-hydrogen) atoms. The quantitative estimate of drug-likeness (QED) is 0.604. The first-order valence-electron chi connectivity index (χ1n) is 10.5. The lowest BCUT2D eigenvalue weighted by molar-refractivity contribution is -0.140. The number of carbonyl (C=O) groups excluding carboxylic acids is 3. The van der Waals surface area contributed by atoms with Crippen LogP contribution < -0.4 is 10.1 Å². The molecule has 170 valence electrons. The molecule has 3 rings (SSSR count). The Bertz CT molecular complexity index is 951. The largest absolute Gasteiger partial charge is 0.492 e. The lowest BCUT2D eigenvalue weighted by Crippen LogP contribution is -2.34. The van der Waals surface area contributed by atoms with Crippen LogP contribution >= 0.6 is 0 Å². The van der Waals surface area contributed by atoms with Crippen LogP contribution in [0.1, 0.15) is 39.0 Å². The van der Waals surface area contributed by atoms with Gasteiger partial charge < -0.3 is 10.1 Å². The summed E-state index contributed by atoms with van der Waals surface area (Å²) < 4.78 is 31.7. The fraction of sp³-hybridized carbons (Fsp3) is 0.571. The van der Waals surface area contributed by atoms with Gasteiger partial charge in [0.1, 0.15) is 10.6 Å². The molecule has 3 amide bonds. The fourth-order valence-corrected chi connectivity index (χ4v) is 5.20. The second-order valence-electron chi connectivity index (χ2n) is 8.01. The molecule has 1 aromatic rings. The second-order valence-corrected chi connectivity index (χ2v) is 10.1. The number of nitrogens with zero attached hydrogens (tertiary/aromatic N) is 2. The Morgan fingerprint density at radius 2 is 1.77 bits per heavy atom. The van der Waals surface area contributed by atoms with E-state index in [1.165, 1.54) is 31.1 Å². The first-order chi connectivity index (χ1) is 14.7. The van der Waals surface area contributed by atoms with Crippen molar-refractivity contribution in [2.24, 2.45) is 11.8 Å². The molecule has 1 aliphatic carbocycles. The Labute approximate surface area is 182 Å². The number of nitrogens with one attached hydrogen (secondary N) is 1. The maximum atomic E-state index is 12.6. The Morgan fingerprint density at radius 1 is 1.16 bits per heavy atom. The van der Waals surface area contributed by atoms with Crippen molar-refractivity contribution in [1.29, 1.82) is 0 Å². The van der Waals surface area contributed by atoms with Crippen LogP contribution in [0.2, 0.25) is 0 Å². The molecule has 1 aliphatic heterocycles. The zero-order chi connectivity index (χ0) is 22.8. The highest BCUT2D eigenvalue weighted by Gasteiger charge is 2.47. The monoisotopic (exact) mass is 451 g/mol. The third kappa shape index (κ3) is 4.74. The summed E-state index contributed by atoms with van der Waals surface area (Å²) in [4.78, 5) is 38.7. The van der Waals surface area contributed by atoms with Crippen LogP contribution in [-0.4, -0.2) is 62.6 Å². The van der Waals surface area contributed by atoms with Crippen molar-refractivity contribution < 1.29 is 27.5 Å². The predicted molar refractivity (Wildman–Crippen MR) is 114 cm³/mol. The molecular formula is C21H29N3O6S. The number of ether oxygens (including phenoxy) is 1. The fourth-order valence-electron chi connectivity index (χ4n) is 4.15. The van der Waals surface area contributed by atoms with Gasteiger partial charge in [0.05, 0.1) is 18.4 Å². The number of hydrogen-bond acceptors (Lipinski definition) is 6. The zero-order valence-electron chi connectivity index (χ0n) is 18.1. The summed E-state index contributed by atoms with van der Waals surface area (Å²) >= 11 is 0. The number of imide groups is 1. The number of anilines is 1. The Hall–Kier alpha value is -2.46. The van der Waals surface area contributed by atoms with Crippen molar-refractivity contribution in [3.05, 3.63) is 18.2 Å². The third-order valence-electron chi connectivity index (χ3n) is 5.78. The van der Waals surface area contributed by atoms with E-state index in [1.807, 2.05) is 0 Å². The molecule has 0 unspecified atom stereocenters. The SMILES string of the molecule is CCOc1ccc(NC(=O)CCN2C(=O)[C@H]3CCCC[C@H]3C2=O)cc1S(=O)(=O)N(C)C. The van der Waals surface area contributed by atoms with E-state index in [-0.39, 0.29) is 47.3 Å². The first-order valence-corrected chi connectivity index (χ1v) is 11.9. The van der Waals surface area contributed by atoms with E-state index in [0.29, 0.717) is 12.3 Å². The van der Waals surface area contributed by atoms with Gasteiger partial charge >= 0.3 is 0 Å². The summed E-state index contributed by atoms with van der Waals surface area (Å²) in [5.74, 6) is -1.05. The van der Waals surface area contributed by atoms with E-state index in [0.717, 1.165) is 30.0 Å². The Morgan fingerprint density at radius 3 is 2.32 bits per heavy atom. The highest BCUT2D eigenvalue weighted by atomic mass is 32.2. The molecule has 0 aromatic heterocycles. The van der Waals surface area contributed by atoms with Gasteiger partial charge in [0.25, 0.3) is 0 Å². The van der Waals surface area contributed by atoms with Gasteiger partial charge in [-0.25, -0.2) is 12.7 Å². The molecule has 0 radical (unpaired) electrons. The number of sulfonamides is 1. The summed E-state index contributed by atoms with van der Waals surface area (Å²) in [5, 5.41) is 2.65. The van der Waals surface area contributed by atoms with Crippen LogP contribution in [0.5, 0.6) is 5.75 Å². The normalized spacial score (nSPS) is 21.4. The average molecular weight is 452 g/mol. The first kappa shape index (κ1) is 23.2. The van der Waals surface area contributed by atoms with Crippen molar-refractivity contribution >= 4 is 33.4 Å². The van der Waals surface area contributed by atoms with E-state index in [9.17, 15) is 22.8 Å². The second kappa shape index (κ2) is 9.35. The summed E-state index contributed by atoms with van der Waals surface area (Å²) in [7, 11) is -0.951. The van der Waals surface area contributed by atoms with Crippen molar-refractivity contribution in [1.82, 2.24) is 9.21 Å². The van der Waals surface area contributed by atoms with Crippen LogP contribution in [0, 0.1) is 11.8 Å². The number of rotatable bonds is 8. The maximum Gasteiger partial charge on any atom is 0.246 e. The summed E-state index contributed by atoms with van der Waals surface area (Å²) in [5.41, 5.74) is 0.293. The van der Waals surface area contributed by atoms with E-state index >= 15 is 0 Å². The van der Waals surface area contributed by atoms with Gasteiger partial charge in [-0.3, -0.25) is 19.3 Å². The van der Waals surface area contributed by atoms with Gasteiger partial charge in [0.2, 0.25) is 27.7 Å². The topological polar surface area (TPSA) is 113 Å². The molecule has 0 bridgehead atoms. The molecule has 9 nitrogen and oxygen atoms in total. The molecule has 1 saturated heterocycles. The predicted octanol–water partition coefficient (Wildman–Crippen LogP) is 1.84. The standard InChI is InChI=1S/C21H29N3O6S/c1-4-30-17-10-9-14(13-18(17)31(28,29)23(2)3)22-19(25)11-12-24-20(26)15-7-5-6-8-16(15)21(24)27/h9-10,13,15-16H,4-8,11-12H2,1-3H3,(H,22,25)/t15-,16+. The Kier molecular flexibility index (Phi) is 7.00. The van der Waals surface area contributed by atoms with Crippen LogP contribution in [0.15, 0.2) is 23.1 Å².